The second kappa shape index (κ2) is 20.3. The highest BCUT2D eigenvalue weighted by atomic mass is 16.5. The van der Waals surface area contributed by atoms with Crippen molar-refractivity contribution in [3.8, 4) is 5.75 Å². The maximum atomic E-state index is 13.0. The van der Waals surface area contributed by atoms with E-state index in [-0.39, 0.29) is 54.9 Å². The lowest BCUT2D eigenvalue weighted by molar-refractivity contribution is -0.151. The third kappa shape index (κ3) is 12.6. The molecule has 3 rings (SSSR count). The van der Waals surface area contributed by atoms with E-state index in [1.807, 2.05) is 0 Å². The van der Waals surface area contributed by atoms with Crippen LogP contribution in [0.5, 0.6) is 5.75 Å². The van der Waals surface area contributed by atoms with Crippen LogP contribution in [0, 0.1) is 23.7 Å². The molecule has 2 aliphatic rings. The van der Waals surface area contributed by atoms with Gasteiger partial charge in [0.25, 0.3) is 0 Å². The number of aliphatic hydroxyl groups is 1. The summed E-state index contributed by atoms with van der Waals surface area (Å²) < 4.78 is 26.2. The molecule has 0 saturated heterocycles. The topological polar surface area (TPSA) is 152 Å². The molecule has 2 fully saturated rings. The normalized spacial score (nSPS) is 20.7. The Morgan fingerprint density at radius 1 is 0.660 bits per heavy atom. The average molecular weight is 657 g/mol. The summed E-state index contributed by atoms with van der Waals surface area (Å²) in [5, 5.41) is 9.88. The molecule has 0 heterocycles. The summed E-state index contributed by atoms with van der Waals surface area (Å²) in [5.74, 6) is -1.06. The molecule has 0 aliphatic heterocycles. The van der Waals surface area contributed by atoms with Crippen LogP contribution in [-0.2, 0) is 44.7 Å². The quantitative estimate of drug-likeness (QED) is 0.0709. The predicted octanol–water partition coefficient (Wildman–Crippen LogP) is 5.42. The first kappa shape index (κ1) is 37.5. The minimum absolute atomic E-state index is 0.0780. The first-order chi connectivity index (χ1) is 22.7. The Balaban J connectivity index is 1.34. The third-order valence-corrected chi connectivity index (χ3v) is 8.93. The minimum atomic E-state index is -0.564. The Kier molecular flexibility index (Phi) is 16.2. The van der Waals surface area contributed by atoms with Crippen LogP contribution in [0.2, 0.25) is 0 Å². The summed E-state index contributed by atoms with van der Waals surface area (Å²) in [5.41, 5.74) is 0.557. The Labute approximate surface area is 276 Å². The van der Waals surface area contributed by atoms with Gasteiger partial charge in [-0.3, -0.25) is 9.59 Å². The molecule has 11 heteroatoms. The lowest BCUT2D eigenvalue weighted by atomic mass is 9.69. The Morgan fingerprint density at radius 3 is 1.62 bits per heavy atom. The Morgan fingerprint density at radius 2 is 1.13 bits per heavy atom. The zero-order chi connectivity index (χ0) is 34.0. The number of benzene rings is 1. The van der Waals surface area contributed by atoms with Crippen molar-refractivity contribution in [3.63, 3.8) is 0 Å². The van der Waals surface area contributed by atoms with Gasteiger partial charge < -0.3 is 28.8 Å². The molecule has 2 saturated carbocycles. The molecular formula is C36H48O11. The van der Waals surface area contributed by atoms with Gasteiger partial charge in [-0.25, -0.2) is 14.4 Å². The number of hydrogen-bond acceptors (Lipinski definition) is 11. The molecule has 0 radical (unpaired) electrons. The fraction of sp³-hybridized carbons (Fsp3) is 0.583. The van der Waals surface area contributed by atoms with Gasteiger partial charge in [-0.1, -0.05) is 13.2 Å². The molecular weight excluding hydrogens is 608 g/mol. The van der Waals surface area contributed by atoms with E-state index in [2.05, 4.69) is 13.2 Å². The molecule has 47 heavy (non-hydrogen) atoms. The summed E-state index contributed by atoms with van der Waals surface area (Å²) in [7, 11) is 0. The second-order valence-corrected chi connectivity index (χ2v) is 12.1. The third-order valence-electron chi connectivity index (χ3n) is 8.93. The van der Waals surface area contributed by atoms with Crippen LogP contribution in [0.4, 0.5) is 0 Å². The van der Waals surface area contributed by atoms with Gasteiger partial charge in [0.2, 0.25) is 0 Å². The van der Waals surface area contributed by atoms with Crippen LogP contribution < -0.4 is 4.74 Å². The van der Waals surface area contributed by atoms with Gasteiger partial charge in [0.05, 0.1) is 50.4 Å². The van der Waals surface area contributed by atoms with Gasteiger partial charge in [-0.15, -0.1) is 0 Å². The SMILES string of the molecule is C=CC(=O)OCCCCOC(=O)c1ccc(OC(=O)C2CCC(C3CCC(C(=O)OCCCCOC(=O)C=C)CC3)CC2)c(CO)c1. The van der Waals surface area contributed by atoms with Crippen LogP contribution in [0.1, 0.15) is 93.0 Å². The summed E-state index contributed by atoms with van der Waals surface area (Å²) in [4.78, 5) is 60.1. The van der Waals surface area contributed by atoms with Crippen LogP contribution in [-0.4, -0.2) is 61.4 Å². The van der Waals surface area contributed by atoms with Gasteiger partial charge in [-0.2, -0.15) is 0 Å². The van der Waals surface area contributed by atoms with Crippen molar-refractivity contribution in [2.24, 2.45) is 23.7 Å². The van der Waals surface area contributed by atoms with Crippen molar-refractivity contribution in [2.75, 3.05) is 26.4 Å². The number of aliphatic hydroxyl groups excluding tert-OH is 1. The lowest BCUT2D eigenvalue weighted by Gasteiger charge is -2.36. The van der Waals surface area contributed by atoms with Gasteiger partial charge in [0, 0.05) is 17.7 Å². The Hall–Kier alpha value is -3.99. The largest absolute Gasteiger partial charge is 0.465 e. The van der Waals surface area contributed by atoms with Crippen molar-refractivity contribution in [1.82, 2.24) is 0 Å². The molecule has 1 aromatic rings. The molecule has 0 aromatic heterocycles. The highest BCUT2D eigenvalue weighted by molar-refractivity contribution is 5.90. The van der Waals surface area contributed by atoms with Crippen LogP contribution in [0.3, 0.4) is 0 Å². The molecule has 1 N–H and O–H groups in total. The summed E-state index contributed by atoms with van der Waals surface area (Å²) in [6, 6.07) is 4.47. The number of carbonyl (C=O) groups is 5. The Bertz CT molecular complexity index is 1220. The van der Waals surface area contributed by atoms with Crippen LogP contribution in [0.25, 0.3) is 0 Å². The van der Waals surface area contributed by atoms with E-state index in [9.17, 15) is 29.1 Å². The van der Waals surface area contributed by atoms with E-state index in [0.717, 1.165) is 63.5 Å². The predicted molar refractivity (Wildman–Crippen MR) is 171 cm³/mol. The molecule has 1 aromatic carbocycles. The molecule has 0 unspecified atom stereocenters. The monoisotopic (exact) mass is 656 g/mol. The zero-order valence-electron chi connectivity index (χ0n) is 27.2. The van der Waals surface area contributed by atoms with Gasteiger partial charge in [-0.05, 0) is 107 Å². The van der Waals surface area contributed by atoms with E-state index in [0.29, 0.717) is 49.7 Å². The van der Waals surface area contributed by atoms with Crippen molar-refractivity contribution in [3.05, 3.63) is 54.6 Å². The van der Waals surface area contributed by atoms with Gasteiger partial charge in [0.15, 0.2) is 0 Å². The number of unbranched alkanes of at least 4 members (excludes halogenated alkanes) is 2. The first-order valence-electron chi connectivity index (χ1n) is 16.6. The van der Waals surface area contributed by atoms with Crippen LogP contribution >= 0.6 is 0 Å². The number of ether oxygens (including phenoxy) is 5. The summed E-state index contributed by atoms with van der Waals surface area (Å²) in [6.07, 6.45) is 11.4. The van der Waals surface area contributed by atoms with E-state index in [1.165, 1.54) is 18.2 Å². The summed E-state index contributed by atoms with van der Waals surface area (Å²) >= 11 is 0. The van der Waals surface area contributed by atoms with E-state index in [4.69, 9.17) is 23.7 Å². The van der Waals surface area contributed by atoms with Crippen molar-refractivity contribution >= 4 is 29.8 Å². The highest BCUT2D eigenvalue weighted by Crippen LogP contribution is 2.42. The number of esters is 5. The molecule has 0 amide bonds. The van der Waals surface area contributed by atoms with Crippen molar-refractivity contribution in [1.29, 1.82) is 0 Å². The highest BCUT2D eigenvalue weighted by Gasteiger charge is 2.35. The van der Waals surface area contributed by atoms with Gasteiger partial charge >= 0.3 is 29.8 Å². The van der Waals surface area contributed by atoms with Crippen LogP contribution in [0.15, 0.2) is 43.5 Å². The zero-order valence-corrected chi connectivity index (χ0v) is 27.2. The molecule has 0 spiro atoms. The second-order valence-electron chi connectivity index (χ2n) is 12.1. The van der Waals surface area contributed by atoms with Gasteiger partial charge in [0.1, 0.15) is 5.75 Å². The maximum Gasteiger partial charge on any atom is 0.338 e. The summed E-state index contributed by atoms with van der Waals surface area (Å²) in [6.45, 7) is 7.22. The molecule has 2 aliphatic carbocycles. The van der Waals surface area contributed by atoms with E-state index in [1.54, 1.807) is 0 Å². The average Bonchev–Trinajstić information content (AvgIpc) is 3.10. The number of rotatable bonds is 18. The fourth-order valence-corrected chi connectivity index (χ4v) is 6.18. The molecule has 11 nitrogen and oxygen atoms in total. The minimum Gasteiger partial charge on any atom is -0.465 e. The smallest absolute Gasteiger partial charge is 0.338 e. The molecule has 0 bridgehead atoms. The molecule has 258 valence electrons. The fourth-order valence-electron chi connectivity index (χ4n) is 6.18. The van der Waals surface area contributed by atoms with Crippen molar-refractivity contribution < 1.29 is 52.8 Å². The molecule has 0 atom stereocenters. The first-order valence-corrected chi connectivity index (χ1v) is 16.6. The van der Waals surface area contributed by atoms with E-state index >= 15 is 0 Å². The maximum absolute atomic E-state index is 13.0. The number of hydrogen-bond donors (Lipinski definition) is 1. The van der Waals surface area contributed by atoms with E-state index < -0.39 is 24.5 Å². The lowest BCUT2D eigenvalue weighted by Crippen LogP contribution is -2.31. The van der Waals surface area contributed by atoms with Crippen molar-refractivity contribution in [2.45, 2.75) is 83.7 Å². The number of carbonyl (C=O) groups excluding carboxylic acids is 5. The standard InChI is InChI=1S/C36H48O11/c1-3-32(38)43-19-5-7-21-45-34(40)27-13-9-25(10-14-27)26-11-15-28(16-12-26)36(42)47-31-18-17-29(23-30(31)24-37)35(41)46-22-8-6-20-44-33(39)4-2/h3-4,17-18,23,25-28,37H,1-2,5-16,19-22,24H2.